The van der Waals surface area contributed by atoms with E-state index < -0.39 is 24.6 Å². The molecule has 5 nitrogen and oxygen atoms in total. The van der Waals surface area contributed by atoms with Crippen LogP contribution in [-0.4, -0.2) is 42.9 Å². The Morgan fingerprint density at radius 3 is 2.53 bits per heavy atom. The number of morpholine rings is 1. The van der Waals surface area contributed by atoms with E-state index in [-0.39, 0.29) is 36.9 Å². The molecule has 2 heterocycles. The summed E-state index contributed by atoms with van der Waals surface area (Å²) < 4.78 is 60.4. The average molecular weight is 480 g/mol. The van der Waals surface area contributed by atoms with Crippen LogP contribution in [0.1, 0.15) is 42.6 Å². The van der Waals surface area contributed by atoms with Gasteiger partial charge in [-0.1, -0.05) is 12.5 Å². The van der Waals surface area contributed by atoms with Crippen LogP contribution in [0.4, 0.5) is 23.2 Å². The Balaban J connectivity index is 1.66. The summed E-state index contributed by atoms with van der Waals surface area (Å²) >= 11 is 0. The van der Waals surface area contributed by atoms with E-state index in [0.29, 0.717) is 17.9 Å². The van der Waals surface area contributed by atoms with E-state index in [0.717, 1.165) is 36.2 Å². The van der Waals surface area contributed by atoms with Gasteiger partial charge in [-0.25, -0.2) is 4.39 Å². The van der Waals surface area contributed by atoms with Crippen molar-refractivity contribution in [2.24, 2.45) is 5.92 Å². The summed E-state index contributed by atoms with van der Waals surface area (Å²) in [5.74, 6) is -0.406. The Labute approximate surface area is 196 Å². The van der Waals surface area contributed by atoms with E-state index >= 15 is 4.39 Å². The molecule has 1 aliphatic carbocycles. The Hall–Kier alpha value is -2.68. The number of carbonyl (C=O) groups is 1. The molecule has 34 heavy (non-hydrogen) atoms. The standard InChI is InChI=1S/C25H29F4N3O2/c1-15-10-18(11-16(2)31-15)19-6-7-21(32-8-9-34-22(14-32)25(27,28)29)24(26)20(19)13-30-23(33)12-17-4-3-5-17/h6-7,10-11,17,22H,3-5,8-9,12-14H2,1-2H3,(H,30,33). The van der Waals surface area contributed by atoms with Crippen LogP contribution in [-0.2, 0) is 16.1 Å². The molecule has 1 atom stereocenters. The number of carbonyl (C=O) groups excluding carboxylic acids is 1. The van der Waals surface area contributed by atoms with Crippen LogP contribution in [0.2, 0.25) is 0 Å². The molecular formula is C25H29F4N3O2. The van der Waals surface area contributed by atoms with Gasteiger partial charge < -0.3 is 15.0 Å². The van der Waals surface area contributed by atoms with Crippen LogP contribution in [0.3, 0.4) is 0 Å². The molecule has 2 aromatic rings. The van der Waals surface area contributed by atoms with Crippen LogP contribution in [0, 0.1) is 25.6 Å². The number of ether oxygens (including phenoxy) is 1. The molecule has 1 saturated heterocycles. The van der Waals surface area contributed by atoms with Gasteiger partial charge in [-0.3, -0.25) is 9.78 Å². The highest BCUT2D eigenvalue weighted by molar-refractivity contribution is 5.77. The van der Waals surface area contributed by atoms with Crippen molar-refractivity contribution in [1.29, 1.82) is 0 Å². The third-order valence-corrected chi connectivity index (χ3v) is 6.55. The van der Waals surface area contributed by atoms with Crippen LogP contribution in [0.15, 0.2) is 24.3 Å². The van der Waals surface area contributed by atoms with Crippen LogP contribution >= 0.6 is 0 Å². The second kappa shape index (κ2) is 9.90. The van der Waals surface area contributed by atoms with E-state index in [1.165, 1.54) is 11.0 Å². The Kier molecular flexibility index (Phi) is 7.12. The summed E-state index contributed by atoms with van der Waals surface area (Å²) in [6.07, 6.45) is -2.93. The molecule has 1 saturated carbocycles. The maximum Gasteiger partial charge on any atom is 0.416 e. The number of benzene rings is 1. The monoisotopic (exact) mass is 479 g/mol. The fourth-order valence-electron chi connectivity index (χ4n) is 4.57. The first-order valence-electron chi connectivity index (χ1n) is 11.6. The smallest absolute Gasteiger partial charge is 0.365 e. The third-order valence-electron chi connectivity index (χ3n) is 6.55. The molecule has 1 unspecified atom stereocenters. The first kappa shape index (κ1) is 24.4. The molecule has 1 aliphatic heterocycles. The highest BCUT2D eigenvalue weighted by Gasteiger charge is 2.43. The highest BCUT2D eigenvalue weighted by Crippen LogP contribution is 2.35. The predicted octanol–water partition coefficient (Wildman–Crippen LogP) is 5.08. The van der Waals surface area contributed by atoms with Gasteiger partial charge in [0, 0.05) is 36.5 Å². The molecule has 1 aromatic heterocycles. The fourth-order valence-corrected chi connectivity index (χ4v) is 4.57. The zero-order chi connectivity index (χ0) is 24.5. The summed E-state index contributed by atoms with van der Waals surface area (Å²) in [5, 5.41) is 2.82. The largest absolute Gasteiger partial charge is 0.416 e. The molecule has 9 heteroatoms. The van der Waals surface area contributed by atoms with Gasteiger partial charge in [0.2, 0.25) is 5.91 Å². The van der Waals surface area contributed by atoms with Crippen LogP contribution in [0.5, 0.6) is 0 Å². The molecule has 2 fully saturated rings. The van der Waals surface area contributed by atoms with Crippen LogP contribution in [0.25, 0.3) is 11.1 Å². The minimum atomic E-state index is -4.53. The molecule has 184 valence electrons. The average Bonchev–Trinajstić information content (AvgIpc) is 2.74. The lowest BCUT2D eigenvalue weighted by molar-refractivity contribution is -0.221. The van der Waals surface area contributed by atoms with Gasteiger partial charge in [0.15, 0.2) is 11.9 Å². The molecular weight excluding hydrogens is 450 g/mol. The third kappa shape index (κ3) is 5.51. The van der Waals surface area contributed by atoms with Gasteiger partial charge in [-0.15, -0.1) is 0 Å². The second-order valence-corrected chi connectivity index (χ2v) is 9.19. The number of aryl methyl sites for hydroxylation is 2. The number of pyridine rings is 1. The van der Waals surface area contributed by atoms with Crippen molar-refractivity contribution in [3.63, 3.8) is 0 Å². The molecule has 0 bridgehead atoms. The number of halogens is 4. The number of hydrogen-bond donors (Lipinski definition) is 1. The minimum absolute atomic E-state index is 0.0476. The summed E-state index contributed by atoms with van der Waals surface area (Å²) in [6.45, 7) is 3.14. The van der Waals surface area contributed by atoms with Gasteiger partial charge in [0.25, 0.3) is 0 Å². The van der Waals surface area contributed by atoms with Crippen molar-refractivity contribution < 1.29 is 27.1 Å². The van der Waals surface area contributed by atoms with Gasteiger partial charge >= 0.3 is 6.18 Å². The summed E-state index contributed by atoms with van der Waals surface area (Å²) in [4.78, 5) is 18.2. The molecule has 1 N–H and O–H groups in total. The zero-order valence-electron chi connectivity index (χ0n) is 19.3. The highest BCUT2D eigenvalue weighted by atomic mass is 19.4. The Bertz CT molecular complexity index is 1030. The Morgan fingerprint density at radius 1 is 1.21 bits per heavy atom. The normalized spacial score (nSPS) is 19.1. The number of alkyl halides is 3. The van der Waals surface area contributed by atoms with Crippen molar-refractivity contribution in [1.82, 2.24) is 10.3 Å². The first-order valence-corrected chi connectivity index (χ1v) is 11.6. The molecule has 2 aliphatic rings. The van der Waals surface area contributed by atoms with E-state index in [9.17, 15) is 18.0 Å². The topological polar surface area (TPSA) is 54.5 Å². The van der Waals surface area contributed by atoms with E-state index in [2.05, 4.69) is 10.3 Å². The molecule has 0 spiro atoms. The quantitative estimate of drug-likeness (QED) is 0.588. The van der Waals surface area contributed by atoms with Gasteiger partial charge in [-0.05, 0) is 61.9 Å². The SMILES string of the molecule is Cc1cc(-c2ccc(N3CCOC(C(F)(F)F)C3)c(F)c2CNC(=O)CC2CCC2)cc(C)n1. The molecule has 0 radical (unpaired) electrons. The summed E-state index contributed by atoms with van der Waals surface area (Å²) in [6, 6.07) is 6.87. The van der Waals surface area contributed by atoms with Gasteiger partial charge in [0.1, 0.15) is 0 Å². The molecule has 1 aromatic carbocycles. The maximum atomic E-state index is 15.9. The fraction of sp³-hybridized carbons (Fsp3) is 0.520. The van der Waals surface area contributed by atoms with Crippen molar-refractivity contribution >= 4 is 11.6 Å². The number of hydrogen-bond acceptors (Lipinski definition) is 4. The summed E-state index contributed by atoms with van der Waals surface area (Å²) in [7, 11) is 0. The van der Waals surface area contributed by atoms with E-state index in [4.69, 9.17) is 4.74 Å². The van der Waals surface area contributed by atoms with Gasteiger partial charge in [0.05, 0.1) is 18.8 Å². The maximum absolute atomic E-state index is 15.9. The molecule has 1 amide bonds. The van der Waals surface area contributed by atoms with Crippen molar-refractivity contribution in [3.05, 3.63) is 47.0 Å². The lowest BCUT2D eigenvalue weighted by Crippen LogP contribution is -2.49. The van der Waals surface area contributed by atoms with Crippen molar-refractivity contribution in [3.8, 4) is 11.1 Å². The lowest BCUT2D eigenvalue weighted by atomic mass is 9.83. The van der Waals surface area contributed by atoms with Crippen molar-refractivity contribution in [2.45, 2.75) is 58.4 Å². The number of anilines is 1. The number of aromatic nitrogens is 1. The van der Waals surface area contributed by atoms with Crippen molar-refractivity contribution in [2.75, 3.05) is 24.6 Å². The lowest BCUT2D eigenvalue weighted by Gasteiger charge is -2.36. The Morgan fingerprint density at radius 2 is 1.91 bits per heavy atom. The summed E-state index contributed by atoms with van der Waals surface area (Å²) in [5.41, 5.74) is 3.18. The van der Waals surface area contributed by atoms with Gasteiger partial charge in [-0.2, -0.15) is 13.2 Å². The second-order valence-electron chi connectivity index (χ2n) is 9.19. The minimum Gasteiger partial charge on any atom is -0.365 e. The van der Waals surface area contributed by atoms with E-state index in [1.54, 1.807) is 6.07 Å². The number of amides is 1. The van der Waals surface area contributed by atoms with Crippen LogP contribution < -0.4 is 10.2 Å². The zero-order valence-corrected chi connectivity index (χ0v) is 19.3. The predicted molar refractivity (Wildman–Crippen MR) is 121 cm³/mol. The molecule has 4 rings (SSSR count). The number of nitrogens with one attached hydrogen (secondary N) is 1. The van der Waals surface area contributed by atoms with E-state index in [1.807, 2.05) is 26.0 Å². The number of rotatable bonds is 6. The number of nitrogens with zero attached hydrogens (tertiary/aromatic N) is 2. The first-order chi connectivity index (χ1) is 16.1.